The molecule has 2 heterocycles. The van der Waals surface area contributed by atoms with E-state index in [-0.39, 0.29) is 17.4 Å². The van der Waals surface area contributed by atoms with Crippen LogP contribution < -0.4 is 5.56 Å². The average molecular weight is 433 g/mol. The predicted molar refractivity (Wildman–Crippen MR) is 124 cm³/mol. The topological polar surface area (TPSA) is 75.5 Å². The molecule has 32 heavy (non-hydrogen) atoms. The van der Waals surface area contributed by atoms with Crippen molar-refractivity contribution >= 4 is 22.8 Å². The molecule has 1 aliphatic heterocycles. The third-order valence-electron chi connectivity index (χ3n) is 6.14. The Morgan fingerprint density at radius 1 is 0.875 bits per heavy atom. The molecule has 1 saturated heterocycles. The highest BCUT2D eigenvalue weighted by Crippen LogP contribution is 2.17. The Labute approximate surface area is 187 Å². The standard InChI is InChI=1S/C25H28N4O3/c1-4-18-6-8-19(9-7-18)24(31)27-12-14-28(15-13-27)25(32)20-10-11-22-21(16-20)26-17(3)23(30)29(22)5-2/h6-11,16H,4-5,12-15H2,1-3H3. The molecule has 0 bridgehead atoms. The molecular formula is C25H28N4O3. The van der Waals surface area contributed by atoms with E-state index in [9.17, 15) is 14.4 Å². The van der Waals surface area contributed by atoms with E-state index < -0.39 is 0 Å². The van der Waals surface area contributed by atoms with Crippen LogP contribution >= 0.6 is 0 Å². The van der Waals surface area contributed by atoms with Crippen molar-refractivity contribution in [2.75, 3.05) is 26.2 Å². The largest absolute Gasteiger partial charge is 0.335 e. The SMILES string of the molecule is CCc1ccc(C(=O)N2CCN(C(=O)c3ccc4c(c3)nc(C)c(=O)n4CC)CC2)cc1. The fraction of sp³-hybridized carbons (Fsp3) is 0.360. The number of nitrogens with zero attached hydrogens (tertiary/aromatic N) is 4. The molecule has 2 aromatic carbocycles. The van der Waals surface area contributed by atoms with Gasteiger partial charge < -0.3 is 14.4 Å². The molecule has 7 heteroatoms. The number of benzene rings is 2. The number of fused-ring (bicyclic) bond motifs is 1. The molecule has 0 saturated carbocycles. The minimum atomic E-state index is -0.107. The van der Waals surface area contributed by atoms with Crippen molar-refractivity contribution in [3.63, 3.8) is 0 Å². The molecule has 0 radical (unpaired) electrons. The van der Waals surface area contributed by atoms with Crippen molar-refractivity contribution < 1.29 is 9.59 Å². The normalized spacial score (nSPS) is 14.1. The van der Waals surface area contributed by atoms with E-state index in [2.05, 4.69) is 11.9 Å². The summed E-state index contributed by atoms with van der Waals surface area (Å²) in [6.45, 7) is 8.20. The first-order valence-electron chi connectivity index (χ1n) is 11.1. The zero-order valence-corrected chi connectivity index (χ0v) is 18.8. The second-order valence-corrected chi connectivity index (χ2v) is 8.08. The Bertz CT molecular complexity index is 1220. The summed E-state index contributed by atoms with van der Waals surface area (Å²) >= 11 is 0. The van der Waals surface area contributed by atoms with Crippen LogP contribution in [0.25, 0.3) is 11.0 Å². The van der Waals surface area contributed by atoms with Crippen LogP contribution in [0.5, 0.6) is 0 Å². The second-order valence-electron chi connectivity index (χ2n) is 8.08. The van der Waals surface area contributed by atoms with E-state index in [1.165, 1.54) is 5.56 Å². The van der Waals surface area contributed by atoms with E-state index >= 15 is 0 Å². The fourth-order valence-electron chi connectivity index (χ4n) is 4.18. The number of rotatable bonds is 4. The maximum Gasteiger partial charge on any atom is 0.272 e. The van der Waals surface area contributed by atoms with Crippen molar-refractivity contribution in [2.45, 2.75) is 33.7 Å². The van der Waals surface area contributed by atoms with Crippen molar-refractivity contribution in [3.05, 3.63) is 75.2 Å². The van der Waals surface area contributed by atoms with Gasteiger partial charge in [-0.1, -0.05) is 19.1 Å². The van der Waals surface area contributed by atoms with Crippen LogP contribution in [0.4, 0.5) is 0 Å². The van der Waals surface area contributed by atoms with Crippen LogP contribution in [0.2, 0.25) is 0 Å². The summed E-state index contributed by atoms with van der Waals surface area (Å²) in [5, 5.41) is 0. The van der Waals surface area contributed by atoms with E-state index in [1.807, 2.05) is 31.2 Å². The van der Waals surface area contributed by atoms with E-state index in [0.717, 1.165) is 11.9 Å². The molecule has 1 fully saturated rings. The lowest BCUT2D eigenvalue weighted by molar-refractivity contribution is 0.0535. The van der Waals surface area contributed by atoms with Crippen LogP contribution in [0.1, 0.15) is 45.8 Å². The molecule has 7 nitrogen and oxygen atoms in total. The number of hydrogen-bond donors (Lipinski definition) is 0. The Morgan fingerprint density at radius 2 is 1.44 bits per heavy atom. The predicted octanol–water partition coefficient (Wildman–Crippen LogP) is 2.89. The molecular weight excluding hydrogens is 404 g/mol. The van der Waals surface area contributed by atoms with Crippen LogP contribution in [0.15, 0.2) is 47.3 Å². The number of piperazine rings is 1. The fourth-order valence-corrected chi connectivity index (χ4v) is 4.18. The van der Waals surface area contributed by atoms with Crippen molar-refractivity contribution in [3.8, 4) is 0 Å². The Kier molecular flexibility index (Phi) is 6.08. The van der Waals surface area contributed by atoms with Gasteiger partial charge in [0.1, 0.15) is 5.69 Å². The zero-order chi connectivity index (χ0) is 22.8. The van der Waals surface area contributed by atoms with Gasteiger partial charge >= 0.3 is 0 Å². The maximum atomic E-state index is 13.1. The quantitative estimate of drug-likeness (QED) is 0.635. The molecule has 2 amide bonds. The molecule has 0 N–H and O–H groups in total. The number of carbonyl (C=O) groups is 2. The second kappa shape index (κ2) is 8.94. The molecule has 0 spiro atoms. The molecule has 1 aromatic heterocycles. The lowest BCUT2D eigenvalue weighted by Gasteiger charge is -2.35. The summed E-state index contributed by atoms with van der Waals surface area (Å²) < 4.78 is 1.67. The first-order valence-corrected chi connectivity index (χ1v) is 11.1. The van der Waals surface area contributed by atoms with Gasteiger partial charge in [-0.25, -0.2) is 4.98 Å². The maximum absolute atomic E-state index is 13.1. The summed E-state index contributed by atoms with van der Waals surface area (Å²) in [5.41, 5.74) is 4.10. The molecule has 166 valence electrons. The van der Waals surface area contributed by atoms with Gasteiger partial charge in [-0.3, -0.25) is 14.4 Å². The number of aryl methyl sites for hydroxylation is 3. The summed E-state index contributed by atoms with van der Waals surface area (Å²) in [5.74, 6) is -0.0809. The van der Waals surface area contributed by atoms with Gasteiger partial charge in [0.25, 0.3) is 17.4 Å². The van der Waals surface area contributed by atoms with Gasteiger partial charge in [0.2, 0.25) is 0 Å². The smallest absolute Gasteiger partial charge is 0.272 e. The number of hydrogen-bond acceptors (Lipinski definition) is 4. The van der Waals surface area contributed by atoms with Gasteiger partial charge in [0.05, 0.1) is 11.0 Å². The van der Waals surface area contributed by atoms with E-state index in [1.54, 1.807) is 39.5 Å². The zero-order valence-electron chi connectivity index (χ0n) is 18.8. The molecule has 0 aliphatic carbocycles. The summed E-state index contributed by atoms with van der Waals surface area (Å²) in [6.07, 6.45) is 0.940. The summed E-state index contributed by atoms with van der Waals surface area (Å²) in [4.78, 5) is 46.2. The highest BCUT2D eigenvalue weighted by atomic mass is 16.2. The number of aromatic nitrogens is 2. The molecule has 3 aromatic rings. The van der Waals surface area contributed by atoms with Crippen LogP contribution in [0.3, 0.4) is 0 Å². The molecule has 0 atom stereocenters. The first kappa shape index (κ1) is 21.7. The van der Waals surface area contributed by atoms with Gasteiger partial charge in [-0.2, -0.15) is 0 Å². The third kappa shape index (κ3) is 4.02. The van der Waals surface area contributed by atoms with E-state index in [0.29, 0.717) is 55.1 Å². The third-order valence-corrected chi connectivity index (χ3v) is 6.14. The monoisotopic (exact) mass is 432 g/mol. The van der Waals surface area contributed by atoms with Crippen molar-refractivity contribution in [1.29, 1.82) is 0 Å². The van der Waals surface area contributed by atoms with Crippen molar-refractivity contribution in [1.82, 2.24) is 19.4 Å². The summed E-state index contributed by atoms with van der Waals surface area (Å²) in [7, 11) is 0. The Hall–Kier alpha value is -3.48. The van der Waals surface area contributed by atoms with Gasteiger partial charge in [0.15, 0.2) is 0 Å². The van der Waals surface area contributed by atoms with Gasteiger partial charge in [-0.15, -0.1) is 0 Å². The Balaban J connectivity index is 1.47. The van der Waals surface area contributed by atoms with E-state index in [4.69, 9.17) is 0 Å². The Morgan fingerprint density at radius 3 is 2.00 bits per heavy atom. The highest BCUT2D eigenvalue weighted by Gasteiger charge is 2.26. The molecule has 4 rings (SSSR count). The van der Waals surface area contributed by atoms with Gasteiger partial charge in [-0.05, 0) is 56.2 Å². The number of carbonyl (C=O) groups excluding carboxylic acids is 2. The first-order chi connectivity index (χ1) is 15.4. The highest BCUT2D eigenvalue weighted by molar-refractivity contribution is 5.98. The lowest BCUT2D eigenvalue weighted by atomic mass is 10.1. The summed E-state index contributed by atoms with van der Waals surface area (Å²) in [6, 6.07) is 13.0. The van der Waals surface area contributed by atoms with Crippen molar-refractivity contribution in [2.24, 2.45) is 0 Å². The van der Waals surface area contributed by atoms with Crippen LogP contribution in [0, 0.1) is 6.92 Å². The van der Waals surface area contributed by atoms with Crippen LogP contribution in [-0.2, 0) is 13.0 Å². The van der Waals surface area contributed by atoms with Gasteiger partial charge in [0, 0.05) is 43.9 Å². The molecule has 1 aliphatic rings. The number of amides is 2. The molecule has 0 unspecified atom stereocenters. The minimum absolute atomic E-state index is 0.00247. The minimum Gasteiger partial charge on any atom is -0.335 e. The van der Waals surface area contributed by atoms with Crippen LogP contribution in [-0.4, -0.2) is 57.3 Å². The lowest BCUT2D eigenvalue weighted by Crippen LogP contribution is -2.50. The average Bonchev–Trinajstić information content (AvgIpc) is 2.84.